The van der Waals surface area contributed by atoms with Gasteiger partial charge in [0.05, 0.1) is 5.75 Å². The molecule has 106 valence electrons. The Bertz CT molecular complexity index is 358. The van der Waals surface area contributed by atoms with Crippen LogP contribution in [-0.2, 0) is 10.0 Å². The van der Waals surface area contributed by atoms with Crippen molar-refractivity contribution in [1.29, 1.82) is 0 Å². The minimum absolute atomic E-state index is 0.0753. The molecule has 0 radical (unpaired) electrons. The predicted molar refractivity (Wildman–Crippen MR) is 70.9 cm³/mol. The monoisotopic (exact) mass is 276 g/mol. The average Bonchev–Trinajstić information content (AvgIpc) is 2.38. The molecule has 0 aliphatic carbocycles. The summed E-state index contributed by atoms with van der Waals surface area (Å²) in [5.41, 5.74) is 0. The van der Waals surface area contributed by atoms with Crippen LogP contribution in [0.25, 0.3) is 0 Å². The minimum Gasteiger partial charge on any atom is -0.396 e. The van der Waals surface area contributed by atoms with Crippen LogP contribution in [0.1, 0.15) is 32.1 Å². The number of aliphatic hydroxyl groups excluding tert-OH is 1. The highest BCUT2D eigenvalue weighted by Crippen LogP contribution is 2.22. The molecule has 18 heavy (non-hydrogen) atoms. The van der Waals surface area contributed by atoms with E-state index in [0.717, 1.165) is 19.5 Å². The van der Waals surface area contributed by atoms with E-state index in [4.69, 9.17) is 5.11 Å². The maximum Gasteiger partial charge on any atom is 0.214 e. The molecule has 0 aromatic rings. The quantitative estimate of drug-likeness (QED) is 0.732. The van der Waals surface area contributed by atoms with Gasteiger partial charge in [0.2, 0.25) is 10.0 Å². The van der Waals surface area contributed by atoms with Crippen LogP contribution in [0.15, 0.2) is 0 Å². The van der Waals surface area contributed by atoms with Gasteiger partial charge in [-0.3, -0.25) is 4.90 Å². The number of hydrogen-bond acceptors (Lipinski definition) is 4. The van der Waals surface area contributed by atoms with E-state index < -0.39 is 10.0 Å². The Labute approximate surface area is 110 Å². The molecule has 2 saturated heterocycles. The first-order chi connectivity index (χ1) is 8.63. The van der Waals surface area contributed by atoms with E-state index in [1.807, 2.05) is 0 Å². The zero-order chi connectivity index (χ0) is 13.0. The fraction of sp³-hybridized carbons (Fsp3) is 1.00. The number of piperidine rings is 1. The summed E-state index contributed by atoms with van der Waals surface area (Å²) in [4.78, 5) is 2.43. The summed E-state index contributed by atoms with van der Waals surface area (Å²) in [6, 6.07) is 0.431. The highest BCUT2D eigenvalue weighted by atomic mass is 32.2. The van der Waals surface area contributed by atoms with Crippen LogP contribution >= 0.6 is 0 Å². The molecule has 0 saturated carbocycles. The number of unbranched alkanes of at least 4 members (excludes halogenated alkanes) is 1. The van der Waals surface area contributed by atoms with E-state index >= 15 is 0 Å². The smallest absolute Gasteiger partial charge is 0.214 e. The van der Waals surface area contributed by atoms with Crippen molar-refractivity contribution in [1.82, 2.24) is 9.21 Å². The van der Waals surface area contributed by atoms with Gasteiger partial charge in [-0.05, 0) is 32.2 Å². The zero-order valence-electron chi connectivity index (χ0n) is 10.9. The second-order valence-electron chi connectivity index (χ2n) is 5.29. The summed E-state index contributed by atoms with van der Waals surface area (Å²) in [6.07, 6.45) is 4.73. The molecule has 2 heterocycles. The maximum absolute atomic E-state index is 12.2. The number of hydrogen-bond donors (Lipinski definition) is 1. The molecular weight excluding hydrogens is 252 g/mol. The first-order valence-corrected chi connectivity index (χ1v) is 8.57. The van der Waals surface area contributed by atoms with Gasteiger partial charge in [0, 0.05) is 32.3 Å². The second-order valence-corrected chi connectivity index (χ2v) is 7.38. The SMILES string of the molecule is O=S(=O)(CCCCO)N1CCN2CCCCC2C1. The molecule has 0 bridgehead atoms. The molecule has 2 rings (SSSR count). The molecule has 1 unspecified atom stereocenters. The molecule has 0 amide bonds. The van der Waals surface area contributed by atoms with E-state index in [1.54, 1.807) is 4.31 Å². The van der Waals surface area contributed by atoms with E-state index in [2.05, 4.69) is 4.90 Å². The molecule has 2 aliphatic heterocycles. The van der Waals surface area contributed by atoms with Crippen molar-refractivity contribution in [3.8, 4) is 0 Å². The Morgan fingerprint density at radius 3 is 2.72 bits per heavy atom. The van der Waals surface area contributed by atoms with Crippen molar-refractivity contribution in [3.05, 3.63) is 0 Å². The van der Waals surface area contributed by atoms with Crippen LogP contribution in [0.3, 0.4) is 0 Å². The zero-order valence-corrected chi connectivity index (χ0v) is 11.7. The highest BCUT2D eigenvalue weighted by Gasteiger charge is 2.33. The summed E-state index contributed by atoms with van der Waals surface area (Å²) in [5, 5.41) is 8.71. The molecule has 0 aromatic heterocycles. The molecule has 2 aliphatic rings. The normalized spacial score (nSPS) is 27.1. The first kappa shape index (κ1) is 14.2. The van der Waals surface area contributed by atoms with Gasteiger partial charge < -0.3 is 5.11 Å². The van der Waals surface area contributed by atoms with Crippen LogP contribution in [0, 0.1) is 0 Å². The van der Waals surface area contributed by atoms with Crippen molar-refractivity contribution >= 4 is 10.0 Å². The Kier molecular flexibility index (Phi) is 5.00. The van der Waals surface area contributed by atoms with Gasteiger partial charge in [0.1, 0.15) is 0 Å². The van der Waals surface area contributed by atoms with E-state index in [1.165, 1.54) is 12.8 Å². The maximum atomic E-state index is 12.2. The first-order valence-electron chi connectivity index (χ1n) is 6.96. The molecule has 6 heteroatoms. The fourth-order valence-electron chi connectivity index (χ4n) is 2.91. The van der Waals surface area contributed by atoms with Crippen LogP contribution in [-0.4, -0.2) is 67.3 Å². The molecule has 0 aromatic carbocycles. The average molecular weight is 276 g/mol. The number of aliphatic hydroxyl groups is 1. The van der Waals surface area contributed by atoms with Gasteiger partial charge >= 0.3 is 0 Å². The van der Waals surface area contributed by atoms with Crippen LogP contribution in [0.5, 0.6) is 0 Å². The molecular formula is C12H24N2O3S. The molecule has 2 fully saturated rings. The topological polar surface area (TPSA) is 60.9 Å². The third-order valence-corrected chi connectivity index (χ3v) is 5.93. The van der Waals surface area contributed by atoms with Crippen molar-refractivity contribution < 1.29 is 13.5 Å². The van der Waals surface area contributed by atoms with Gasteiger partial charge in [-0.1, -0.05) is 6.42 Å². The lowest BCUT2D eigenvalue weighted by Gasteiger charge is -2.43. The van der Waals surface area contributed by atoms with E-state index in [-0.39, 0.29) is 12.4 Å². The second kappa shape index (κ2) is 6.32. The third-order valence-electron chi connectivity index (χ3n) is 4.00. The third kappa shape index (κ3) is 3.44. The standard InChI is InChI=1S/C12H24N2O3S/c15-9-3-4-10-18(16,17)14-8-7-13-6-2-1-5-12(13)11-14/h12,15H,1-11H2. The van der Waals surface area contributed by atoms with Gasteiger partial charge in [-0.2, -0.15) is 4.31 Å². The molecule has 1 N–H and O–H groups in total. The number of piperazine rings is 1. The molecule has 1 atom stereocenters. The summed E-state index contributed by atoms with van der Waals surface area (Å²) in [5.74, 6) is 0.181. The van der Waals surface area contributed by atoms with Crippen molar-refractivity contribution in [2.45, 2.75) is 38.1 Å². The molecule has 5 nitrogen and oxygen atoms in total. The summed E-state index contributed by atoms with van der Waals surface area (Å²) < 4.78 is 26.0. The van der Waals surface area contributed by atoms with E-state index in [9.17, 15) is 8.42 Å². The Hall–Kier alpha value is -0.170. The van der Waals surface area contributed by atoms with Crippen molar-refractivity contribution in [2.75, 3.05) is 38.5 Å². The highest BCUT2D eigenvalue weighted by molar-refractivity contribution is 7.89. The number of sulfonamides is 1. The van der Waals surface area contributed by atoms with Crippen LogP contribution < -0.4 is 0 Å². The summed E-state index contributed by atoms with van der Waals surface area (Å²) in [7, 11) is -3.11. The minimum atomic E-state index is -3.11. The number of fused-ring (bicyclic) bond motifs is 1. The Balaban J connectivity index is 1.89. The largest absolute Gasteiger partial charge is 0.396 e. The Morgan fingerprint density at radius 1 is 1.11 bits per heavy atom. The van der Waals surface area contributed by atoms with Crippen molar-refractivity contribution in [3.63, 3.8) is 0 Å². The Morgan fingerprint density at radius 2 is 1.94 bits per heavy atom. The lowest BCUT2D eigenvalue weighted by Crippen LogP contribution is -2.56. The van der Waals surface area contributed by atoms with Gasteiger partial charge in [0.25, 0.3) is 0 Å². The van der Waals surface area contributed by atoms with Gasteiger partial charge in [-0.25, -0.2) is 8.42 Å². The van der Waals surface area contributed by atoms with E-state index in [0.29, 0.717) is 32.0 Å². The van der Waals surface area contributed by atoms with Crippen LogP contribution in [0.4, 0.5) is 0 Å². The summed E-state index contributed by atoms with van der Waals surface area (Å²) >= 11 is 0. The number of nitrogens with zero attached hydrogens (tertiary/aromatic N) is 2. The molecule has 0 spiro atoms. The van der Waals surface area contributed by atoms with Gasteiger partial charge in [-0.15, -0.1) is 0 Å². The lowest BCUT2D eigenvalue weighted by atomic mass is 10.0. The lowest BCUT2D eigenvalue weighted by molar-refractivity contribution is 0.0851. The number of rotatable bonds is 5. The fourth-order valence-corrected chi connectivity index (χ4v) is 4.49. The van der Waals surface area contributed by atoms with Crippen LogP contribution in [0.2, 0.25) is 0 Å². The summed E-state index contributed by atoms with van der Waals surface area (Å²) in [6.45, 7) is 3.39. The van der Waals surface area contributed by atoms with Crippen molar-refractivity contribution in [2.24, 2.45) is 0 Å². The van der Waals surface area contributed by atoms with Gasteiger partial charge in [0.15, 0.2) is 0 Å². The predicted octanol–water partition coefficient (Wildman–Crippen LogP) is 0.259.